The van der Waals surface area contributed by atoms with Gasteiger partial charge in [0.2, 0.25) is 0 Å². The molecule has 1 atom stereocenters. The highest BCUT2D eigenvalue weighted by atomic mass is 16.4. The molecule has 5 heteroatoms. The molecule has 0 bridgehead atoms. The lowest BCUT2D eigenvalue weighted by atomic mass is 9.97. The Labute approximate surface area is 81.2 Å². The average Bonchev–Trinajstić information content (AvgIpc) is 2.65. The quantitative estimate of drug-likeness (QED) is 0.676. The number of hydrogen-bond acceptors (Lipinski definition) is 3. The van der Waals surface area contributed by atoms with Gasteiger partial charge in [0.05, 0.1) is 6.33 Å². The summed E-state index contributed by atoms with van der Waals surface area (Å²) in [5.74, 6) is -2.29. The molecule has 0 aliphatic carbocycles. The third-order valence-corrected chi connectivity index (χ3v) is 2.01. The normalized spacial score (nSPS) is 12.4. The van der Waals surface area contributed by atoms with Gasteiger partial charge in [0, 0.05) is 24.7 Å². The molecule has 1 aromatic rings. The summed E-state index contributed by atoms with van der Waals surface area (Å²) in [5, 5.41) is 8.82. The number of hydrogen-bond donors (Lipinski definition) is 2. The van der Waals surface area contributed by atoms with Crippen LogP contribution in [0.4, 0.5) is 0 Å². The first-order chi connectivity index (χ1) is 6.65. The Kier molecular flexibility index (Phi) is 3.39. The van der Waals surface area contributed by atoms with Gasteiger partial charge in [0.15, 0.2) is 0 Å². The lowest BCUT2D eigenvalue weighted by molar-refractivity contribution is -0.146. The summed E-state index contributed by atoms with van der Waals surface area (Å²) in [7, 11) is 0. The van der Waals surface area contributed by atoms with Crippen molar-refractivity contribution < 1.29 is 14.7 Å². The van der Waals surface area contributed by atoms with E-state index in [2.05, 4.69) is 9.97 Å². The second kappa shape index (κ2) is 4.55. The molecule has 1 rings (SSSR count). The molecule has 0 saturated carbocycles. The standard InChI is InChI=1S/C9H12N2O3/c1-2-8(12)7(9(13)14)3-6-4-10-5-11-6/h4-5,7H,2-3H2,1H3,(H,10,11)(H,13,14). The van der Waals surface area contributed by atoms with Gasteiger partial charge in [-0.05, 0) is 0 Å². The fourth-order valence-corrected chi connectivity index (χ4v) is 1.20. The summed E-state index contributed by atoms with van der Waals surface area (Å²) >= 11 is 0. The third-order valence-electron chi connectivity index (χ3n) is 2.01. The number of carbonyl (C=O) groups excluding carboxylic acids is 1. The fraction of sp³-hybridized carbons (Fsp3) is 0.444. The fourth-order valence-electron chi connectivity index (χ4n) is 1.20. The van der Waals surface area contributed by atoms with Crippen molar-refractivity contribution in [3.63, 3.8) is 0 Å². The number of aromatic nitrogens is 2. The molecule has 1 unspecified atom stereocenters. The maximum absolute atomic E-state index is 11.3. The highest BCUT2D eigenvalue weighted by molar-refractivity contribution is 5.98. The van der Waals surface area contributed by atoms with Crippen LogP contribution in [0.2, 0.25) is 0 Å². The number of ketones is 1. The van der Waals surface area contributed by atoms with Crippen LogP contribution >= 0.6 is 0 Å². The topological polar surface area (TPSA) is 83.0 Å². The van der Waals surface area contributed by atoms with E-state index in [0.717, 1.165) is 0 Å². The number of carboxylic acid groups (broad SMARTS) is 1. The first-order valence-corrected chi connectivity index (χ1v) is 4.38. The molecule has 0 saturated heterocycles. The number of aliphatic carboxylic acids is 1. The average molecular weight is 196 g/mol. The monoisotopic (exact) mass is 196 g/mol. The van der Waals surface area contributed by atoms with Crippen molar-refractivity contribution >= 4 is 11.8 Å². The van der Waals surface area contributed by atoms with E-state index in [-0.39, 0.29) is 18.6 Å². The summed E-state index contributed by atoms with van der Waals surface area (Å²) < 4.78 is 0. The van der Waals surface area contributed by atoms with Crippen LogP contribution in [0.25, 0.3) is 0 Å². The second-order valence-electron chi connectivity index (χ2n) is 2.99. The number of H-pyrrole nitrogens is 1. The molecule has 0 aliphatic heterocycles. The lowest BCUT2D eigenvalue weighted by Crippen LogP contribution is -2.25. The summed E-state index contributed by atoms with van der Waals surface area (Å²) in [6, 6.07) is 0. The molecule has 0 radical (unpaired) electrons. The maximum Gasteiger partial charge on any atom is 0.314 e. The van der Waals surface area contributed by atoms with Gasteiger partial charge in [0.1, 0.15) is 11.7 Å². The highest BCUT2D eigenvalue weighted by Gasteiger charge is 2.25. The minimum Gasteiger partial charge on any atom is -0.481 e. The Morgan fingerprint density at radius 3 is 2.79 bits per heavy atom. The molecule has 2 N–H and O–H groups in total. The second-order valence-corrected chi connectivity index (χ2v) is 2.99. The Morgan fingerprint density at radius 2 is 2.36 bits per heavy atom. The first-order valence-electron chi connectivity index (χ1n) is 4.38. The van der Waals surface area contributed by atoms with Crippen molar-refractivity contribution in [3.05, 3.63) is 18.2 Å². The lowest BCUT2D eigenvalue weighted by Gasteiger charge is -2.07. The van der Waals surface area contributed by atoms with Crippen molar-refractivity contribution in [2.24, 2.45) is 5.92 Å². The first kappa shape index (κ1) is 10.4. The number of nitrogens with one attached hydrogen (secondary N) is 1. The van der Waals surface area contributed by atoms with E-state index in [1.54, 1.807) is 6.92 Å². The molecule has 0 spiro atoms. The number of rotatable bonds is 5. The van der Waals surface area contributed by atoms with Crippen LogP contribution in [-0.2, 0) is 16.0 Å². The van der Waals surface area contributed by atoms with E-state index >= 15 is 0 Å². The Morgan fingerprint density at radius 1 is 1.64 bits per heavy atom. The van der Waals surface area contributed by atoms with Crippen molar-refractivity contribution in [2.75, 3.05) is 0 Å². The molecular formula is C9H12N2O3. The molecule has 1 aromatic heterocycles. The number of carboxylic acids is 1. The van der Waals surface area contributed by atoms with E-state index in [1.165, 1.54) is 12.5 Å². The van der Waals surface area contributed by atoms with Gasteiger partial charge in [-0.25, -0.2) is 4.98 Å². The number of Topliss-reactive ketones (excluding diaryl/α,β-unsaturated/α-hetero) is 1. The number of aromatic amines is 1. The molecule has 0 amide bonds. The van der Waals surface area contributed by atoms with Gasteiger partial charge in [-0.1, -0.05) is 6.92 Å². The summed E-state index contributed by atoms with van der Waals surface area (Å²) in [6.07, 6.45) is 3.41. The zero-order valence-electron chi connectivity index (χ0n) is 7.86. The zero-order valence-corrected chi connectivity index (χ0v) is 7.86. The van der Waals surface area contributed by atoms with Crippen LogP contribution in [-0.4, -0.2) is 26.8 Å². The van der Waals surface area contributed by atoms with Crippen molar-refractivity contribution in [3.8, 4) is 0 Å². The van der Waals surface area contributed by atoms with Crippen molar-refractivity contribution in [2.45, 2.75) is 19.8 Å². The summed E-state index contributed by atoms with van der Waals surface area (Å²) in [4.78, 5) is 28.6. The molecule has 0 aromatic carbocycles. The predicted molar refractivity (Wildman–Crippen MR) is 48.7 cm³/mol. The molecule has 5 nitrogen and oxygen atoms in total. The number of carbonyl (C=O) groups is 2. The van der Waals surface area contributed by atoms with Gasteiger partial charge in [-0.3, -0.25) is 9.59 Å². The minimum atomic E-state index is -1.08. The SMILES string of the molecule is CCC(=O)C(Cc1cnc[nH]1)C(=O)O. The van der Waals surface area contributed by atoms with Crippen LogP contribution in [0, 0.1) is 5.92 Å². The van der Waals surface area contributed by atoms with Gasteiger partial charge < -0.3 is 10.1 Å². The highest BCUT2D eigenvalue weighted by Crippen LogP contribution is 2.09. The van der Waals surface area contributed by atoms with Crippen LogP contribution in [0.15, 0.2) is 12.5 Å². The van der Waals surface area contributed by atoms with Crippen molar-refractivity contribution in [1.29, 1.82) is 0 Å². The van der Waals surface area contributed by atoms with E-state index in [9.17, 15) is 9.59 Å². The predicted octanol–water partition coefficient (Wildman–Crippen LogP) is 0.632. The van der Waals surface area contributed by atoms with Gasteiger partial charge in [-0.2, -0.15) is 0 Å². The van der Waals surface area contributed by atoms with E-state index in [0.29, 0.717) is 5.69 Å². The molecule has 1 heterocycles. The Bertz CT molecular complexity index is 319. The van der Waals surface area contributed by atoms with Gasteiger partial charge in [0.25, 0.3) is 0 Å². The van der Waals surface area contributed by atoms with E-state index in [4.69, 9.17) is 5.11 Å². The van der Waals surface area contributed by atoms with Crippen LogP contribution < -0.4 is 0 Å². The molecule has 14 heavy (non-hydrogen) atoms. The van der Waals surface area contributed by atoms with Crippen molar-refractivity contribution in [1.82, 2.24) is 9.97 Å². The number of nitrogens with zero attached hydrogens (tertiary/aromatic N) is 1. The summed E-state index contributed by atoms with van der Waals surface area (Å²) in [6.45, 7) is 1.66. The minimum absolute atomic E-state index is 0.183. The van der Waals surface area contributed by atoms with Crippen LogP contribution in [0.1, 0.15) is 19.0 Å². The largest absolute Gasteiger partial charge is 0.481 e. The van der Waals surface area contributed by atoms with Crippen LogP contribution in [0.5, 0.6) is 0 Å². The van der Waals surface area contributed by atoms with Gasteiger partial charge >= 0.3 is 5.97 Å². The molecule has 0 fully saturated rings. The smallest absolute Gasteiger partial charge is 0.314 e. The molecule has 0 aliphatic rings. The Hall–Kier alpha value is -1.65. The van der Waals surface area contributed by atoms with E-state index < -0.39 is 11.9 Å². The maximum atomic E-state index is 11.3. The van der Waals surface area contributed by atoms with Gasteiger partial charge in [-0.15, -0.1) is 0 Å². The van der Waals surface area contributed by atoms with E-state index in [1.807, 2.05) is 0 Å². The molecule has 76 valence electrons. The molecular weight excluding hydrogens is 184 g/mol. The Balaban J connectivity index is 2.70. The zero-order chi connectivity index (χ0) is 10.6. The number of imidazole rings is 1. The summed E-state index contributed by atoms with van der Waals surface area (Å²) in [5.41, 5.74) is 0.666. The van der Waals surface area contributed by atoms with Crippen LogP contribution in [0.3, 0.4) is 0 Å². The third kappa shape index (κ3) is 2.42.